The molecule has 3 N–H and O–H groups in total. The first-order valence-corrected chi connectivity index (χ1v) is 14.2. The van der Waals surface area contributed by atoms with Gasteiger partial charge in [0.05, 0.1) is 12.1 Å². The van der Waals surface area contributed by atoms with Crippen molar-refractivity contribution in [2.24, 2.45) is 5.92 Å². The van der Waals surface area contributed by atoms with Gasteiger partial charge in [0.25, 0.3) is 0 Å². The van der Waals surface area contributed by atoms with Gasteiger partial charge in [0.15, 0.2) is 5.88 Å². The van der Waals surface area contributed by atoms with Crippen LogP contribution >= 0.6 is 11.6 Å². The summed E-state index contributed by atoms with van der Waals surface area (Å²) in [6.07, 6.45) is 5.18. The number of allylic oxidation sites excluding steroid dienone is 2. The fourth-order valence-electron chi connectivity index (χ4n) is 4.14. The normalized spacial score (nSPS) is 13.0. The first kappa shape index (κ1) is 33.0. The Morgan fingerprint density at radius 1 is 1.07 bits per heavy atom. The van der Waals surface area contributed by atoms with Crippen LogP contribution in [0.15, 0.2) is 79.2 Å². The Morgan fingerprint density at radius 2 is 1.77 bits per heavy atom. The number of halogens is 1. The van der Waals surface area contributed by atoms with Crippen LogP contribution in [0, 0.1) is 5.92 Å². The molecule has 0 radical (unpaired) electrons. The molecule has 0 aromatic heterocycles. The van der Waals surface area contributed by atoms with Crippen molar-refractivity contribution in [2.75, 3.05) is 25.5 Å². The van der Waals surface area contributed by atoms with Gasteiger partial charge in [-0.2, -0.15) is 0 Å². The second kappa shape index (κ2) is 16.1. The van der Waals surface area contributed by atoms with E-state index in [9.17, 15) is 4.79 Å². The summed E-state index contributed by atoms with van der Waals surface area (Å²) >= 11 is 6.12. The van der Waals surface area contributed by atoms with Gasteiger partial charge in [0.2, 0.25) is 5.91 Å². The summed E-state index contributed by atoms with van der Waals surface area (Å²) in [6.45, 7) is 21.1. The molecule has 218 valence electrons. The van der Waals surface area contributed by atoms with Gasteiger partial charge in [0.1, 0.15) is 11.4 Å². The van der Waals surface area contributed by atoms with E-state index in [4.69, 9.17) is 21.1 Å². The molecule has 0 saturated carbocycles. The van der Waals surface area contributed by atoms with E-state index in [1.807, 2.05) is 26.8 Å². The van der Waals surface area contributed by atoms with Crippen LogP contribution in [0.3, 0.4) is 0 Å². The molecule has 7 heteroatoms. The Morgan fingerprint density at radius 3 is 2.40 bits per heavy atom. The van der Waals surface area contributed by atoms with Gasteiger partial charge in [-0.25, -0.2) is 0 Å². The average Bonchev–Trinajstić information content (AvgIpc) is 2.89. The second-order valence-corrected chi connectivity index (χ2v) is 11.4. The molecular formula is C33H46ClN3O3. The molecule has 1 amide bonds. The molecule has 0 aliphatic carbocycles. The van der Waals surface area contributed by atoms with Crippen LogP contribution in [0.4, 0.5) is 5.69 Å². The van der Waals surface area contributed by atoms with Crippen molar-refractivity contribution in [2.45, 2.75) is 65.5 Å². The van der Waals surface area contributed by atoms with Gasteiger partial charge >= 0.3 is 0 Å². The fourth-order valence-corrected chi connectivity index (χ4v) is 4.40. The Labute approximate surface area is 245 Å². The molecule has 0 saturated heterocycles. The van der Waals surface area contributed by atoms with Crippen molar-refractivity contribution in [3.8, 4) is 5.75 Å². The molecule has 0 bridgehead atoms. The van der Waals surface area contributed by atoms with Gasteiger partial charge in [-0.1, -0.05) is 67.9 Å². The monoisotopic (exact) mass is 567 g/mol. The first-order valence-electron chi connectivity index (χ1n) is 13.8. The third-order valence-electron chi connectivity index (χ3n) is 6.51. The largest absolute Gasteiger partial charge is 0.495 e. The maximum atomic E-state index is 12.2. The van der Waals surface area contributed by atoms with Gasteiger partial charge < -0.3 is 25.4 Å². The highest BCUT2D eigenvalue weighted by Gasteiger charge is 2.15. The second-order valence-electron chi connectivity index (χ2n) is 11.0. The number of anilines is 1. The number of methoxy groups -OCH3 is 1. The van der Waals surface area contributed by atoms with Crippen LogP contribution in [0.1, 0.15) is 64.5 Å². The molecular weight excluding hydrogens is 522 g/mol. The van der Waals surface area contributed by atoms with Crippen molar-refractivity contribution in [3.63, 3.8) is 0 Å². The number of ether oxygens (including phenoxy) is 2. The number of carbonyl (C=O) groups is 1. The first-order chi connectivity index (χ1) is 18.9. The number of hydrogen-bond donors (Lipinski definition) is 3. The molecule has 0 heterocycles. The molecule has 2 aromatic rings. The summed E-state index contributed by atoms with van der Waals surface area (Å²) in [7, 11) is 1.55. The highest BCUT2D eigenvalue weighted by atomic mass is 35.5. The van der Waals surface area contributed by atoms with Crippen LogP contribution < -0.4 is 20.7 Å². The number of benzene rings is 2. The predicted molar refractivity (Wildman–Crippen MR) is 168 cm³/mol. The van der Waals surface area contributed by atoms with Crippen LogP contribution in [0.5, 0.6) is 5.75 Å². The van der Waals surface area contributed by atoms with E-state index in [0.29, 0.717) is 28.3 Å². The molecule has 0 spiro atoms. The fraction of sp³-hybridized carbons (Fsp3) is 0.424. The number of carbonyl (C=O) groups excluding carboxylic acids is 1. The Balaban J connectivity index is 1.71. The number of rotatable bonds is 16. The number of nitrogens with one attached hydrogen (secondary N) is 3. The molecule has 2 rings (SSSR count). The Hall–Kier alpha value is -3.22. The van der Waals surface area contributed by atoms with E-state index < -0.39 is 0 Å². The van der Waals surface area contributed by atoms with Crippen LogP contribution in [0.25, 0.3) is 0 Å². The Kier molecular flexibility index (Phi) is 13.3. The van der Waals surface area contributed by atoms with E-state index in [0.717, 1.165) is 32.5 Å². The lowest BCUT2D eigenvalue weighted by Gasteiger charge is -2.23. The minimum atomic E-state index is -0.247. The van der Waals surface area contributed by atoms with Crippen molar-refractivity contribution < 1.29 is 14.3 Å². The summed E-state index contributed by atoms with van der Waals surface area (Å²) in [4.78, 5) is 12.2. The standard InChI is InChI=1S/C33H46ClN3O3/c1-23(11-9-10-12-32(38)37-29-17-18-31(39-8)30(34)21-29)24(2)25(3)28-15-13-27(14-16-28)22-35-19-20-36-26(4)40-33(5,6)7/h10,12-18,21,23,25,35-36H,2,4,9,11,19-20,22H2,1,3,5-8H3,(H,37,38)/b12-10+. The molecule has 0 aliphatic heterocycles. The molecule has 40 heavy (non-hydrogen) atoms. The molecule has 6 nitrogen and oxygen atoms in total. The molecule has 2 aromatic carbocycles. The molecule has 0 fully saturated rings. The predicted octanol–water partition coefficient (Wildman–Crippen LogP) is 7.59. The van der Waals surface area contributed by atoms with E-state index in [-0.39, 0.29) is 17.4 Å². The highest BCUT2D eigenvalue weighted by molar-refractivity contribution is 6.32. The van der Waals surface area contributed by atoms with Crippen molar-refractivity contribution in [1.82, 2.24) is 10.6 Å². The van der Waals surface area contributed by atoms with E-state index in [1.165, 1.54) is 16.7 Å². The Bertz CT molecular complexity index is 1150. The summed E-state index contributed by atoms with van der Waals surface area (Å²) in [5.41, 5.74) is 4.07. The third-order valence-corrected chi connectivity index (χ3v) is 6.80. The number of amides is 1. The zero-order chi connectivity index (χ0) is 29.7. The van der Waals surface area contributed by atoms with Crippen molar-refractivity contribution >= 4 is 23.2 Å². The van der Waals surface area contributed by atoms with E-state index >= 15 is 0 Å². The topological polar surface area (TPSA) is 71.6 Å². The summed E-state index contributed by atoms with van der Waals surface area (Å²) < 4.78 is 10.8. The van der Waals surface area contributed by atoms with Crippen molar-refractivity contribution in [3.05, 3.63) is 95.4 Å². The lowest BCUT2D eigenvalue weighted by Crippen LogP contribution is -2.30. The van der Waals surface area contributed by atoms with E-state index in [1.54, 1.807) is 31.4 Å². The summed E-state index contributed by atoms with van der Waals surface area (Å²) in [5.74, 6) is 1.56. The summed E-state index contributed by atoms with van der Waals surface area (Å²) in [5, 5.41) is 9.91. The highest BCUT2D eigenvalue weighted by Crippen LogP contribution is 2.31. The van der Waals surface area contributed by atoms with Crippen LogP contribution in [-0.2, 0) is 16.1 Å². The maximum absolute atomic E-state index is 12.2. The smallest absolute Gasteiger partial charge is 0.248 e. The quantitative estimate of drug-likeness (QED) is 0.0843. The molecule has 2 unspecified atom stereocenters. The summed E-state index contributed by atoms with van der Waals surface area (Å²) in [6, 6.07) is 13.9. The lowest BCUT2D eigenvalue weighted by atomic mass is 9.84. The van der Waals surface area contributed by atoms with Crippen LogP contribution in [0.2, 0.25) is 5.02 Å². The maximum Gasteiger partial charge on any atom is 0.248 e. The zero-order valence-corrected chi connectivity index (χ0v) is 25.7. The third kappa shape index (κ3) is 11.9. The van der Waals surface area contributed by atoms with Gasteiger partial charge in [-0.05, 0) is 81.5 Å². The van der Waals surface area contributed by atoms with Gasteiger partial charge in [-0.15, -0.1) is 0 Å². The number of hydrogen-bond acceptors (Lipinski definition) is 5. The zero-order valence-electron chi connectivity index (χ0n) is 24.9. The van der Waals surface area contributed by atoms with Crippen molar-refractivity contribution in [1.29, 1.82) is 0 Å². The lowest BCUT2D eigenvalue weighted by molar-refractivity contribution is -0.111. The minimum Gasteiger partial charge on any atom is -0.495 e. The van der Waals surface area contributed by atoms with Gasteiger partial charge in [-0.3, -0.25) is 4.79 Å². The SMILES string of the molecule is C=C(NCCNCc1ccc(C(C)C(=C)C(C)CC/C=C/C(=O)Nc2ccc(OC)c(Cl)c2)cc1)OC(C)(C)C. The minimum absolute atomic E-state index is 0.188. The molecule has 0 aliphatic rings. The van der Waals surface area contributed by atoms with Gasteiger partial charge in [0, 0.05) is 31.2 Å². The molecule has 2 atom stereocenters. The van der Waals surface area contributed by atoms with E-state index in [2.05, 4.69) is 67.2 Å². The van der Waals surface area contributed by atoms with Crippen LogP contribution in [-0.4, -0.2) is 31.7 Å². The average molecular weight is 568 g/mol.